The molecule has 37 heavy (non-hydrogen) atoms. The van der Waals surface area contributed by atoms with Crippen LogP contribution in [-0.4, -0.2) is 39.4 Å². The molecule has 0 spiro atoms. The predicted molar refractivity (Wildman–Crippen MR) is 147 cm³/mol. The number of imidazole rings is 1. The van der Waals surface area contributed by atoms with Gasteiger partial charge in [-0.1, -0.05) is 65.2 Å². The molecular weight excluding hydrogens is 507 g/mol. The number of hydrogen-bond donors (Lipinski definition) is 1. The molecule has 1 N–H and O–H groups in total. The maximum Gasteiger partial charge on any atom is 0.255 e. The first kappa shape index (κ1) is 25.1. The van der Waals surface area contributed by atoms with Crippen molar-refractivity contribution < 1.29 is 9.59 Å². The zero-order chi connectivity index (χ0) is 25.9. The van der Waals surface area contributed by atoms with Crippen LogP contribution in [0.4, 0.5) is 5.95 Å². The topological polar surface area (TPSA) is 67.2 Å². The summed E-state index contributed by atoms with van der Waals surface area (Å²) >= 11 is 12.3. The van der Waals surface area contributed by atoms with E-state index in [4.69, 9.17) is 28.2 Å². The van der Waals surface area contributed by atoms with Crippen LogP contribution in [0.1, 0.15) is 28.8 Å². The molecule has 1 fully saturated rings. The normalized spacial score (nSPS) is 12.8. The number of hydrogen-bond acceptors (Lipinski definition) is 3. The number of aromatic nitrogens is 2. The lowest BCUT2D eigenvalue weighted by Crippen LogP contribution is -2.39. The molecule has 6 nitrogen and oxygen atoms in total. The summed E-state index contributed by atoms with van der Waals surface area (Å²) in [5, 5.41) is 3.94. The molecule has 1 aliphatic carbocycles. The van der Waals surface area contributed by atoms with E-state index in [2.05, 4.69) is 5.32 Å². The Morgan fingerprint density at radius 2 is 1.70 bits per heavy atom. The van der Waals surface area contributed by atoms with Gasteiger partial charge in [-0.25, -0.2) is 4.98 Å². The van der Waals surface area contributed by atoms with Gasteiger partial charge in [-0.05, 0) is 62.1 Å². The fourth-order valence-electron chi connectivity index (χ4n) is 4.10. The zero-order valence-electron chi connectivity index (χ0n) is 20.3. The van der Waals surface area contributed by atoms with Gasteiger partial charge < -0.3 is 4.90 Å². The van der Waals surface area contributed by atoms with Crippen LogP contribution in [-0.2, 0) is 4.79 Å². The maximum atomic E-state index is 13.3. The Morgan fingerprint density at radius 1 is 1.00 bits per heavy atom. The van der Waals surface area contributed by atoms with Crippen LogP contribution in [0.2, 0.25) is 10.0 Å². The van der Waals surface area contributed by atoms with Crippen LogP contribution in [0.3, 0.4) is 0 Å². The third kappa shape index (κ3) is 6.04. The zero-order valence-corrected chi connectivity index (χ0v) is 21.8. The van der Waals surface area contributed by atoms with E-state index in [0.29, 0.717) is 39.7 Å². The Kier molecular flexibility index (Phi) is 7.31. The minimum absolute atomic E-state index is 0.0996. The van der Waals surface area contributed by atoms with Crippen LogP contribution in [0.25, 0.3) is 16.9 Å². The molecule has 1 aliphatic rings. The summed E-state index contributed by atoms with van der Waals surface area (Å²) in [4.78, 5) is 32.8. The number of aryl methyl sites for hydroxylation is 1. The summed E-state index contributed by atoms with van der Waals surface area (Å²) < 4.78 is 1.84. The smallest absolute Gasteiger partial charge is 0.255 e. The van der Waals surface area contributed by atoms with E-state index in [1.807, 2.05) is 54.1 Å². The Balaban J connectivity index is 1.42. The Bertz CT molecular complexity index is 1430. The molecule has 0 bridgehead atoms. The third-order valence-electron chi connectivity index (χ3n) is 6.31. The van der Waals surface area contributed by atoms with Gasteiger partial charge in [0.15, 0.2) is 0 Å². The number of halogens is 2. The number of anilines is 1. The molecule has 0 aliphatic heterocycles. The van der Waals surface area contributed by atoms with Crippen molar-refractivity contribution in [1.29, 1.82) is 0 Å². The lowest BCUT2D eigenvalue weighted by Gasteiger charge is -2.22. The summed E-state index contributed by atoms with van der Waals surface area (Å²) in [7, 11) is 0. The van der Waals surface area contributed by atoms with Gasteiger partial charge >= 0.3 is 0 Å². The predicted octanol–water partition coefficient (Wildman–Crippen LogP) is 6.65. The van der Waals surface area contributed by atoms with Crippen LogP contribution in [0.5, 0.6) is 0 Å². The molecule has 5 rings (SSSR count). The van der Waals surface area contributed by atoms with Gasteiger partial charge in [-0.15, -0.1) is 0 Å². The van der Waals surface area contributed by atoms with Gasteiger partial charge in [0.2, 0.25) is 11.9 Å². The molecule has 2 amide bonds. The lowest BCUT2D eigenvalue weighted by molar-refractivity contribution is -0.117. The summed E-state index contributed by atoms with van der Waals surface area (Å²) in [6.07, 6.45) is 3.98. The van der Waals surface area contributed by atoms with E-state index < -0.39 is 0 Å². The first-order chi connectivity index (χ1) is 17.9. The molecule has 0 saturated heterocycles. The standard InChI is InChI=1S/C29H26Cl2N4O2/c1-19-6-14-23(15-7-19)35-17-26(21-10-12-22(30)13-11-21)32-29(35)33-27(36)18-34(16-20-8-9-20)28(37)24-4-2-3-5-25(24)31/h2-7,10-15,17,20H,8-9,16,18H2,1H3,(H,32,33,36). The molecule has 0 unspecified atom stereocenters. The highest BCUT2D eigenvalue weighted by atomic mass is 35.5. The van der Waals surface area contributed by atoms with Gasteiger partial charge in [-0.2, -0.15) is 0 Å². The minimum atomic E-state index is -0.331. The molecule has 188 valence electrons. The number of nitrogens with one attached hydrogen (secondary N) is 1. The van der Waals surface area contributed by atoms with Crippen molar-refractivity contribution in [3.8, 4) is 16.9 Å². The van der Waals surface area contributed by atoms with E-state index in [9.17, 15) is 9.59 Å². The number of carbonyl (C=O) groups is 2. The van der Waals surface area contributed by atoms with E-state index in [0.717, 1.165) is 29.7 Å². The molecule has 8 heteroatoms. The van der Waals surface area contributed by atoms with Crippen LogP contribution >= 0.6 is 23.2 Å². The Morgan fingerprint density at radius 3 is 2.38 bits per heavy atom. The van der Waals surface area contributed by atoms with Crippen molar-refractivity contribution in [1.82, 2.24) is 14.5 Å². The van der Waals surface area contributed by atoms with Gasteiger partial charge in [0, 0.05) is 29.0 Å². The minimum Gasteiger partial charge on any atom is -0.329 e. The molecular formula is C29H26Cl2N4O2. The molecule has 0 radical (unpaired) electrons. The van der Waals surface area contributed by atoms with E-state index in [1.165, 1.54) is 0 Å². The van der Waals surface area contributed by atoms with E-state index in [1.54, 1.807) is 41.3 Å². The maximum absolute atomic E-state index is 13.3. The first-order valence-corrected chi connectivity index (χ1v) is 12.9. The second-order valence-electron chi connectivity index (χ2n) is 9.32. The average Bonchev–Trinajstić information content (AvgIpc) is 3.62. The van der Waals surface area contributed by atoms with Gasteiger partial charge in [-0.3, -0.25) is 19.5 Å². The summed E-state index contributed by atoms with van der Waals surface area (Å²) in [6, 6.07) is 22.2. The quantitative estimate of drug-likeness (QED) is 0.276. The fourth-order valence-corrected chi connectivity index (χ4v) is 4.45. The van der Waals surface area contributed by atoms with E-state index >= 15 is 0 Å². The lowest BCUT2D eigenvalue weighted by atomic mass is 10.2. The van der Waals surface area contributed by atoms with Crippen LogP contribution in [0, 0.1) is 12.8 Å². The average molecular weight is 533 g/mol. The number of amides is 2. The Hall–Kier alpha value is -3.61. The van der Waals surface area contributed by atoms with Crippen molar-refractivity contribution in [2.75, 3.05) is 18.4 Å². The highest BCUT2D eigenvalue weighted by Gasteiger charge is 2.29. The molecule has 0 atom stereocenters. The number of benzene rings is 3. The van der Waals surface area contributed by atoms with Gasteiger partial charge in [0.1, 0.15) is 6.54 Å². The number of rotatable bonds is 8. The third-order valence-corrected chi connectivity index (χ3v) is 6.89. The highest BCUT2D eigenvalue weighted by molar-refractivity contribution is 6.33. The summed E-state index contributed by atoms with van der Waals surface area (Å²) in [6.45, 7) is 2.43. The van der Waals surface area contributed by atoms with Gasteiger partial charge in [0.25, 0.3) is 5.91 Å². The monoisotopic (exact) mass is 532 g/mol. The second-order valence-corrected chi connectivity index (χ2v) is 10.2. The van der Waals surface area contributed by atoms with Crippen molar-refractivity contribution in [3.05, 3.63) is 100 Å². The molecule has 1 heterocycles. The molecule has 1 saturated carbocycles. The first-order valence-electron chi connectivity index (χ1n) is 12.1. The van der Waals surface area contributed by atoms with Gasteiger partial charge in [0.05, 0.1) is 16.3 Å². The molecule has 3 aromatic carbocycles. The largest absolute Gasteiger partial charge is 0.329 e. The second kappa shape index (κ2) is 10.8. The summed E-state index contributed by atoms with van der Waals surface area (Å²) in [5.41, 5.74) is 3.94. The molecule has 1 aromatic heterocycles. The Labute approximate surface area is 225 Å². The van der Waals surface area contributed by atoms with Crippen molar-refractivity contribution >= 4 is 41.0 Å². The SMILES string of the molecule is Cc1ccc(-n2cc(-c3ccc(Cl)cc3)nc2NC(=O)CN(CC2CC2)C(=O)c2ccccc2Cl)cc1. The van der Waals surface area contributed by atoms with Crippen molar-refractivity contribution in [3.63, 3.8) is 0 Å². The number of carbonyl (C=O) groups excluding carboxylic acids is 2. The summed E-state index contributed by atoms with van der Waals surface area (Å²) in [5.74, 6) is 0.194. The molecule has 4 aromatic rings. The van der Waals surface area contributed by atoms with Crippen molar-refractivity contribution in [2.45, 2.75) is 19.8 Å². The number of nitrogens with zero attached hydrogens (tertiary/aromatic N) is 3. The van der Waals surface area contributed by atoms with E-state index in [-0.39, 0.29) is 18.4 Å². The van der Waals surface area contributed by atoms with Crippen molar-refractivity contribution in [2.24, 2.45) is 5.92 Å². The highest BCUT2D eigenvalue weighted by Crippen LogP contribution is 2.31. The van der Waals surface area contributed by atoms with Crippen LogP contribution < -0.4 is 5.32 Å². The van der Waals surface area contributed by atoms with Crippen LogP contribution in [0.15, 0.2) is 79.0 Å². The fraction of sp³-hybridized carbons (Fsp3) is 0.207.